The first-order valence-electron chi connectivity index (χ1n) is 6.96. The Morgan fingerprint density at radius 1 is 1.41 bits per heavy atom. The van der Waals surface area contributed by atoms with Crippen LogP contribution in [0.2, 0.25) is 0 Å². The minimum Gasteiger partial charge on any atom is -0.375 e. The Balaban J connectivity index is 2.48. The molecule has 1 N–H and O–H groups in total. The van der Waals surface area contributed by atoms with Crippen molar-refractivity contribution in [3.8, 4) is 6.07 Å². The van der Waals surface area contributed by atoms with Crippen LogP contribution < -0.4 is 5.32 Å². The smallest absolute Gasteiger partial charge is 0.133 e. The summed E-state index contributed by atoms with van der Waals surface area (Å²) in [6, 6.07) is 2.47. The molecule has 1 saturated carbocycles. The van der Waals surface area contributed by atoms with E-state index in [1.165, 1.54) is 0 Å². The number of hydrogen-bond donors (Lipinski definition) is 1. The molecule has 0 aromatic rings. The van der Waals surface area contributed by atoms with Gasteiger partial charge in [-0.05, 0) is 45.1 Å². The topological polar surface area (TPSA) is 45.0 Å². The summed E-state index contributed by atoms with van der Waals surface area (Å²) in [5.41, 5.74) is -0.433. The van der Waals surface area contributed by atoms with E-state index in [4.69, 9.17) is 4.74 Å². The monoisotopic (exact) mass is 238 g/mol. The lowest BCUT2D eigenvalue weighted by atomic mass is 9.95. The largest absolute Gasteiger partial charge is 0.375 e. The Labute approximate surface area is 106 Å². The quantitative estimate of drug-likeness (QED) is 0.672. The van der Waals surface area contributed by atoms with Crippen molar-refractivity contribution in [3.05, 3.63) is 0 Å². The van der Waals surface area contributed by atoms with Crippen LogP contribution in [0.5, 0.6) is 0 Å². The van der Waals surface area contributed by atoms with Crippen LogP contribution in [-0.2, 0) is 4.74 Å². The van der Waals surface area contributed by atoms with E-state index in [1.54, 1.807) is 0 Å². The molecule has 3 nitrogen and oxygen atoms in total. The SMILES string of the molecule is CCCNC(C#N)(COC(C)CCC)C1CC1. The molecule has 0 aromatic heterocycles. The summed E-state index contributed by atoms with van der Waals surface area (Å²) in [6.45, 7) is 7.82. The van der Waals surface area contributed by atoms with E-state index < -0.39 is 5.54 Å². The van der Waals surface area contributed by atoms with Crippen LogP contribution in [0, 0.1) is 17.2 Å². The van der Waals surface area contributed by atoms with Gasteiger partial charge in [0.15, 0.2) is 0 Å². The Morgan fingerprint density at radius 3 is 2.59 bits per heavy atom. The highest BCUT2D eigenvalue weighted by Crippen LogP contribution is 2.39. The molecule has 2 unspecified atom stereocenters. The summed E-state index contributed by atoms with van der Waals surface area (Å²) < 4.78 is 5.85. The van der Waals surface area contributed by atoms with E-state index in [0.717, 1.165) is 38.6 Å². The molecule has 0 bridgehead atoms. The maximum Gasteiger partial charge on any atom is 0.133 e. The Kier molecular flexibility index (Phi) is 5.94. The van der Waals surface area contributed by atoms with Crippen LogP contribution in [0.25, 0.3) is 0 Å². The molecule has 2 atom stereocenters. The van der Waals surface area contributed by atoms with Gasteiger partial charge in [0, 0.05) is 0 Å². The zero-order chi connectivity index (χ0) is 12.7. The Morgan fingerprint density at radius 2 is 2.12 bits per heavy atom. The first-order chi connectivity index (χ1) is 8.18. The number of nitrogens with one attached hydrogen (secondary N) is 1. The fourth-order valence-corrected chi connectivity index (χ4v) is 2.16. The van der Waals surface area contributed by atoms with Gasteiger partial charge in [0.1, 0.15) is 5.54 Å². The summed E-state index contributed by atoms with van der Waals surface area (Å²) in [4.78, 5) is 0. The molecular weight excluding hydrogens is 212 g/mol. The predicted octanol–water partition coefficient (Wildman–Crippen LogP) is 2.86. The Bertz CT molecular complexity index is 257. The lowest BCUT2D eigenvalue weighted by molar-refractivity contribution is 0.0232. The molecule has 0 aromatic carbocycles. The lowest BCUT2D eigenvalue weighted by Gasteiger charge is -2.29. The van der Waals surface area contributed by atoms with Gasteiger partial charge in [-0.15, -0.1) is 0 Å². The van der Waals surface area contributed by atoms with Gasteiger partial charge in [-0.3, -0.25) is 5.32 Å². The first kappa shape index (κ1) is 14.5. The zero-order valence-electron chi connectivity index (χ0n) is 11.5. The van der Waals surface area contributed by atoms with Crippen molar-refractivity contribution >= 4 is 0 Å². The zero-order valence-corrected chi connectivity index (χ0v) is 11.5. The summed E-state index contributed by atoms with van der Waals surface area (Å²) in [6.07, 6.45) is 5.84. The number of rotatable bonds is 9. The molecule has 1 fully saturated rings. The maximum atomic E-state index is 9.46. The highest BCUT2D eigenvalue weighted by molar-refractivity contribution is 5.15. The normalized spacial score (nSPS) is 20.6. The molecule has 3 heteroatoms. The maximum absolute atomic E-state index is 9.46. The molecule has 0 radical (unpaired) electrons. The summed E-state index contributed by atoms with van der Waals surface area (Å²) in [5.74, 6) is 0.493. The molecule has 0 spiro atoms. The highest BCUT2D eigenvalue weighted by Gasteiger charge is 2.45. The van der Waals surface area contributed by atoms with Gasteiger partial charge in [-0.25, -0.2) is 0 Å². The van der Waals surface area contributed by atoms with Crippen molar-refractivity contribution in [2.24, 2.45) is 5.92 Å². The van der Waals surface area contributed by atoms with Crippen molar-refractivity contribution < 1.29 is 4.74 Å². The van der Waals surface area contributed by atoms with E-state index >= 15 is 0 Å². The third-order valence-corrected chi connectivity index (χ3v) is 3.45. The molecule has 0 aliphatic heterocycles. The van der Waals surface area contributed by atoms with Gasteiger partial charge >= 0.3 is 0 Å². The van der Waals surface area contributed by atoms with Gasteiger partial charge in [-0.1, -0.05) is 20.3 Å². The van der Waals surface area contributed by atoms with Gasteiger partial charge in [0.25, 0.3) is 0 Å². The van der Waals surface area contributed by atoms with E-state index in [0.29, 0.717) is 12.5 Å². The van der Waals surface area contributed by atoms with E-state index in [1.807, 2.05) is 0 Å². The molecule has 1 aliphatic rings. The molecule has 0 heterocycles. The van der Waals surface area contributed by atoms with Crippen LogP contribution >= 0.6 is 0 Å². The van der Waals surface area contributed by atoms with Gasteiger partial charge < -0.3 is 4.74 Å². The Hall–Kier alpha value is -0.590. The summed E-state index contributed by atoms with van der Waals surface area (Å²) in [7, 11) is 0. The van der Waals surface area contributed by atoms with E-state index in [-0.39, 0.29) is 6.10 Å². The van der Waals surface area contributed by atoms with E-state index in [9.17, 15) is 5.26 Å². The number of hydrogen-bond acceptors (Lipinski definition) is 3. The molecular formula is C14H26N2O. The summed E-state index contributed by atoms with van der Waals surface area (Å²) >= 11 is 0. The van der Waals surface area contributed by atoms with Gasteiger partial charge in [-0.2, -0.15) is 5.26 Å². The third-order valence-electron chi connectivity index (χ3n) is 3.45. The van der Waals surface area contributed by atoms with Crippen molar-refractivity contribution in [3.63, 3.8) is 0 Å². The van der Waals surface area contributed by atoms with Crippen LogP contribution in [0.3, 0.4) is 0 Å². The second-order valence-corrected chi connectivity index (χ2v) is 5.19. The third kappa shape index (κ3) is 4.29. The van der Waals surface area contributed by atoms with E-state index in [2.05, 4.69) is 32.2 Å². The molecule has 0 saturated heterocycles. The van der Waals surface area contributed by atoms with Crippen LogP contribution in [-0.4, -0.2) is 24.8 Å². The van der Waals surface area contributed by atoms with Gasteiger partial charge in [0.05, 0.1) is 18.8 Å². The first-order valence-corrected chi connectivity index (χ1v) is 6.96. The average molecular weight is 238 g/mol. The van der Waals surface area contributed by atoms with Crippen molar-refractivity contribution in [2.75, 3.05) is 13.2 Å². The lowest BCUT2D eigenvalue weighted by Crippen LogP contribution is -2.51. The molecule has 98 valence electrons. The fourth-order valence-electron chi connectivity index (χ4n) is 2.16. The van der Waals surface area contributed by atoms with Crippen LogP contribution in [0.15, 0.2) is 0 Å². The predicted molar refractivity (Wildman–Crippen MR) is 69.7 cm³/mol. The second kappa shape index (κ2) is 6.98. The minimum absolute atomic E-state index is 0.259. The van der Waals surface area contributed by atoms with Gasteiger partial charge in [0.2, 0.25) is 0 Å². The van der Waals surface area contributed by atoms with Crippen LogP contribution in [0.1, 0.15) is 52.9 Å². The molecule has 1 aliphatic carbocycles. The minimum atomic E-state index is -0.433. The highest BCUT2D eigenvalue weighted by atomic mass is 16.5. The van der Waals surface area contributed by atoms with Crippen molar-refractivity contribution in [1.29, 1.82) is 5.26 Å². The van der Waals surface area contributed by atoms with Crippen LogP contribution in [0.4, 0.5) is 0 Å². The molecule has 1 rings (SSSR count). The van der Waals surface area contributed by atoms with Crippen molar-refractivity contribution in [1.82, 2.24) is 5.32 Å². The van der Waals surface area contributed by atoms with Crippen molar-refractivity contribution in [2.45, 2.75) is 64.5 Å². The molecule has 0 amide bonds. The number of nitrogens with zero attached hydrogens (tertiary/aromatic N) is 1. The summed E-state index contributed by atoms with van der Waals surface area (Å²) in [5, 5.41) is 12.9. The second-order valence-electron chi connectivity index (χ2n) is 5.19. The number of ether oxygens (including phenoxy) is 1. The fraction of sp³-hybridized carbons (Fsp3) is 0.929. The standard InChI is InChI=1S/C14H26N2O/c1-4-6-12(3)17-11-14(10-15,13-7-8-13)16-9-5-2/h12-13,16H,4-9,11H2,1-3H3. The average Bonchev–Trinajstić information content (AvgIpc) is 3.15. The molecule has 17 heavy (non-hydrogen) atoms. The number of nitriles is 1.